The molecule has 1 fully saturated rings. The van der Waals surface area contributed by atoms with Crippen LogP contribution in [0.4, 0.5) is 0 Å². The second kappa shape index (κ2) is 7.84. The highest BCUT2D eigenvalue weighted by atomic mass is 16.5. The van der Waals surface area contributed by atoms with Crippen molar-refractivity contribution in [1.29, 1.82) is 0 Å². The minimum atomic E-state index is 0.577. The van der Waals surface area contributed by atoms with Crippen LogP contribution in [-0.4, -0.2) is 20.2 Å². The Balaban J connectivity index is 1.74. The average Bonchev–Trinajstić information content (AvgIpc) is 2.92. The van der Waals surface area contributed by atoms with Gasteiger partial charge in [0.1, 0.15) is 5.75 Å². The number of nitrogens with one attached hydrogen (secondary N) is 1. The first-order chi connectivity index (χ1) is 10.1. The van der Waals surface area contributed by atoms with Gasteiger partial charge in [0.25, 0.3) is 0 Å². The lowest BCUT2D eigenvalue weighted by Gasteiger charge is -2.31. The lowest BCUT2D eigenvalue weighted by Crippen LogP contribution is -2.34. The van der Waals surface area contributed by atoms with Gasteiger partial charge in [-0.1, -0.05) is 38.8 Å². The van der Waals surface area contributed by atoms with E-state index >= 15 is 0 Å². The van der Waals surface area contributed by atoms with Crippen molar-refractivity contribution in [3.8, 4) is 5.75 Å². The van der Waals surface area contributed by atoms with Crippen LogP contribution in [0.15, 0.2) is 24.3 Å². The van der Waals surface area contributed by atoms with E-state index in [0.717, 1.165) is 24.6 Å². The predicted octanol–water partition coefficient (Wildman–Crippen LogP) is 4.43. The third-order valence-electron chi connectivity index (χ3n) is 4.75. The Morgan fingerprint density at radius 1 is 1.14 bits per heavy atom. The Morgan fingerprint density at radius 3 is 2.38 bits per heavy atom. The highest BCUT2D eigenvalue weighted by Gasteiger charge is 2.33. The van der Waals surface area contributed by atoms with E-state index in [0.29, 0.717) is 5.41 Å². The van der Waals surface area contributed by atoms with E-state index in [-0.39, 0.29) is 0 Å². The maximum absolute atomic E-state index is 5.20. The molecule has 1 aliphatic rings. The molecule has 0 bridgehead atoms. The van der Waals surface area contributed by atoms with Crippen molar-refractivity contribution in [2.75, 3.05) is 20.2 Å². The van der Waals surface area contributed by atoms with Crippen molar-refractivity contribution in [2.45, 2.75) is 52.4 Å². The summed E-state index contributed by atoms with van der Waals surface area (Å²) in [5.74, 6) is 1.75. The van der Waals surface area contributed by atoms with Crippen LogP contribution in [0.5, 0.6) is 5.75 Å². The summed E-state index contributed by atoms with van der Waals surface area (Å²) >= 11 is 0. The summed E-state index contributed by atoms with van der Waals surface area (Å²) in [5, 5.41) is 3.72. The lowest BCUT2D eigenvalue weighted by atomic mass is 9.78. The highest BCUT2D eigenvalue weighted by Crippen LogP contribution is 2.42. The number of methoxy groups -OCH3 is 1. The van der Waals surface area contributed by atoms with Gasteiger partial charge < -0.3 is 10.1 Å². The van der Waals surface area contributed by atoms with E-state index in [4.69, 9.17) is 4.74 Å². The summed E-state index contributed by atoms with van der Waals surface area (Å²) in [7, 11) is 1.71. The smallest absolute Gasteiger partial charge is 0.118 e. The molecule has 2 nitrogen and oxygen atoms in total. The minimum Gasteiger partial charge on any atom is -0.497 e. The lowest BCUT2D eigenvalue weighted by molar-refractivity contribution is 0.225. The number of ether oxygens (including phenoxy) is 1. The molecule has 0 amide bonds. The highest BCUT2D eigenvalue weighted by molar-refractivity contribution is 5.27. The normalized spacial score (nSPS) is 17.3. The second-order valence-corrected chi connectivity index (χ2v) is 7.08. The van der Waals surface area contributed by atoms with E-state index in [1.807, 2.05) is 12.1 Å². The molecular formula is C19H31NO. The van der Waals surface area contributed by atoms with Crippen molar-refractivity contribution in [1.82, 2.24) is 5.32 Å². The first kappa shape index (κ1) is 16.4. The number of benzene rings is 1. The van der Waals surface area contributed by atoms with E-state index in [1.54, 1.807) is 7.11 Å². The van der Waals surface area contributed by atoms with E-state index in [9.17, 15) is 0 Å². The zero-order valence-corrected chi connectivity index (χ0v) is 14.0. The Hall–Kier alpha value is -1.02. The molecule has 0 radical (unpaired) electrons. The van der Waals surface area contributed by atoms with Gasteiger partial charge in [0, 0.05) is 6.54 Å². The van der Waals surface area contributed by atoms with E-state index in [1.165, 1.54) is 44.2 Å². The van der Waals surface area contributed by atoms with Gasteiger partial charge in [0.15, 0.2) is 0 Å². The van der Waals surface area contributed by atoms with Gasteiger partial charge in [0.05, 0.1) is 7.11 Å². The topological polar surface area (TPSA) is 21.3 Å². The van der Waals surface area contributed by atoms with Crippen LogP contribution in [0.1, 0.15) is 51.5 Å². The summed E-state index contributed by atoms with van der Waals surface area (Å²) in [6.45, 7) is 6.99. The van der Waals surface area contributed by atoms with Crippen molar-refractivity contribution < 1.29 is 4.74 Å². The molecule has 0 aromatic heterocycles. The molecule has 2 rings (SSSR count). The predicted molar refractivity (Wildman–Crippen MR) is 89.9 cm³/mol. The standard InChI is InChI=1S/C19H31NO/c1-16(2)14-19(11-4-5-12-19)15-20-13-10-17-6-8-18(21-3)9-7-17/h6-9,16,20H,4-5,10-15H2,1-3H3. The van der Waals surface area contributed by atoms with Crippen molar-refractivity contribution in [3.05, 3.63) is 29.8 Å². The fourth-order valence-electron chi connectivity index (χ4n) is 3.82. The monoisotopic (exact) mass is 289 g/mol. The van der Waals surface area contributed by atoms with Crippen LogP contribution >= 0.6 is 0 Å². The maximum atomic E-state index is 5.20. The van der Waals surface area contributed by atoms with Crippen molar-refractivity contribution in [2.24, 2.45) is 11.3 Å². The molecule has 0 heterocycles. The SMILES string of the molecule is COc1ccc(CCNCC2(CC(C)C)CCCC2)cc1. The molecule has 1 aromatic carbocycles. The van der Waals surface area contributed by atoms with Gasteiger partial charge in [0.2, 0.25) is 0 Å². The van der Waals surface area contributed by atoms with Gasteiger partial charge in [-0.25, -0.2) is 0 Å². The molecule has 0 unspecified atom stereocenters. The molecule has 1 aromatic rings. The minimum absolute atomic E-state index is 0.577. The fraction of sp³-hybridized carbons (Fsp3) is 0.684. The largest absolute Gasteiger partial charge is 0.497 e. The molecule has 1 aliphatic carbocycles. The van der Waals surface area contributed by atoms with Gasteiger partial charge in [-0.2, -0.15) is 0 Å². The van der Waals surface area contributed by atoms with E-state index < -0.39 is 0 Å². The quantitative estimate of drug-likeness (QED) is 0.715. The van der Waals surface area contributed by atoms with Gasteiger partial charge in [-0.05, 0) is 61.3 Å². The molecule has 21 heavy (non-hydrogen) atoms. The Morgan fingerprint density at radius 2 is 1.81 bits per heavy atom. The van der Waals surface area contributed by atoms with Crippen LogP contribution in [0.3, 0.4) is 0 Å². The van der Waals surface area contributed by atoms with Crippen LogP contribution in [0.25, 0.3) is 0 Å². The second-order valence-electron chi connectivity index (χ2n) is 7.08. The summed E-state index contributed by atoms with van der Waals surface area (Å²) in [5.41, 5.74) is 1.96. The van der Waals surface area contributed by atoms with Crippen molar-refractivity contribution in [3.63, 3.8) is 0 Å². The molecule has 118 valence electrons. The molecule has 0 saturated heterocycles. The molecule has 0 atom stereocenters. The summed E-state index contributed by atoms with van der Waals surface area (Å²) in [4.78, 5) is 0. The summed E-state index contributed by atoms with van der Waals surface area (Å²) in [6.07, 6.45) is 8.16. The van der Waals surface area contributed by atoms with Crippen LogP contribution < -0.4 is 10.1 Å². The zero-order chi connectivity index (χ0) is 15.1. The van der Waals surface area contributed by atoms with Gasteiger partial charge >= 0.3 is 0 Å². The van der Waals surface area contributed by atoms with Gasteiger partial charge in [-0.3, -0.25) is 0 Å². The first-order valence-corrected chi connectivity index (χ1v) is 8.47. The van der Waals surface area contributed by atoms with Crippen LogP contribution in [0, 0.1) is 11.3 Å². The summed E-state index contributed by atoms with van der Waals surface area (Å²) in [6, 6.07) is 8.43. The number of hydrogen-bond donors (Lipinski definition) is 1. The van der Waals surface area contributed by atoms with Crippen LogP contribution in [0.2, 0.25) is 0 Å². The average molecular weight is 289 g/mol. The van der Waals surface area contributed by atoms with Gasteiger partial charge in [-0.15, -0.1) is 0 Å². The maximum Gasteiger partial charge on any atom is 0.118 e. The number of rotatable bonds is 8. The summed E-state index contributed by atoms with van der Waals surface area (Å²) < 4.78 is 5.20. The number of hydrogen-bond acceptors (Lipinski definition) is 2. The fourth-order valence-corrected chi connectivity index (χ4v) is 3.82. The molecule has 0 spiro atoms. The Kier molecular flexibility index (Phi) is 6.10. The first-order valence-electron chi connectivity index (χ1n) is 8.47. The Bertz CT molecular complexity index is 404. The molecule has 1 N–H and O–H groups in total. The zero-order valence-electron chi connectivity index (χ0n) is 14.0. The van der Waals surface area contributed by atoms with E-state index in [2.05, 4.69) is 31.3 Å². The molecule has 2 heteroatoms. The Labute approximate surface area is 130 Å². The molecule has 1 saturated carbocycles. The molecular weight excluding hydrogens is 258 g/mol. The molecule has 0 aliphatic heterocycles. The van der Waals surface area contributed by atoms with Crippen molar-refractivity contribution >= 4 is 0 Å². The van der Waals surface area contributed by atoms with Crippen LogP contribution in [-0.2, 0) is 6.42 Å². The third kappa shape index (κ3) is 5.03. The third-order valence-corrected chi connectivity index (χ3v) is 4.75.